The van der Waals surface area contributed by atoms with Crippen LogP contribution in [0.1, 0.15) is 6.92 Å². The van der Waals surface area contributed by atoms with Crippen molar-refractivity contribution in [3.05, 3.63) is 36.4 Å². The smallest absolute Gasteiger partial charge is 0.469 e. The Morgan fingerprint density at radius 2 is 1.46 bits per heavy atom. The zero-order valence-corrected chi connectivity index (χ0v) is 15.4. The van der Waals surface area contributed by atoms with Crippen molar-refractivity contribution in [2.75, 3.05) is 39.6 Å². The number of carbonyl (C=O) groups excluding carboxylic acids is 1. The summed E-state index contributed by atoms with van der Waals surface area (Å²) >= 11 is 0. The van der Waals surface area contributed by atoms with Gasteiger partial charge in [-0.25, -0.2) is 9.36 Å². The number of phosphoric acid groups is 1. The van der Waals surface area contributed by atoms with Gasteiger partial charge in [0.2, 0.25) is 0 Å². The van der Waals surface area contributed by atoms with Crippen molar-refractivity contribution < 1.29 is 42.6 Å². The van der Waals surface area contributed by atoms with Crippen molar-refractivity contribution in [1.82, 2.24) is 0 Å². The maximum atomic E-state index is 11.2. The molecule has 0 heterocycles. The average Bonchev–Trinajstić information content (AvgIpc) is 2.57. The van der Waals surface area contributed by atoms with E-state index in [1.54, 1.807) is 31.2 Å². The average molecular weight is 390 g/mol. The Hall–Kier alpha value is -1.90. The Balaban J connectivity index is 2.12. The van der Waals surface area contributed by atoms with E-state index in [-0.39, 0.29) is 39.6 Å². The molecule has 0 bridgehead atoms. The van der Waals surface area contributed by atoms with Crippen molar-refractivity contribution in [3.8, 4) is 11.5 Å². The SMILES string of the molecule is C=C(C)C(=O)OCCOc1ccc(OCCOCCOP(=O)(O)O)cc1. The molecule has 0 amide bonds. The van der Waals surface area contributed by atoms with Crippen LogP contribution in [0, 0.1) is 0 Å². The van der Waals surface area contributed by atoms with Gasteiger partial charge in [-0.05, 0) is 31.2 Å². The summed E-state index contributed by atoms with van der Waals surface area (Å²) in [4.78, 5) is 28.1. The second-order valence-electron chi connectivity index (χ2n) is 5.02. The highest BCUT2D eigenvalue weighted by Gasteiger charge is 2.12. The zero-order valence-electron chi connectivity index (χ0n) is 14.5. The molecule has 9 nitrogen and oxygen atoms in total. The molecule has 1 rings (SSSR count). The molecule has 2 N–H and O–H groups in total. The molecule has 0 aromatic heterocycles. The molecule has 0 aliphatic heterocycles. The Labute approximate surface area is 151 Å². The van der Waals surface area contributed by atoms with Crippen LogP contribution in [0.25, 0.3) is 0 Å². The number of esters is 1. The van der Waals surface area contributed by atoms with Gasteiger partial charge < -0.3 is 28.7 Å². The minimum atomic E-state index is -4.45. The predicted octanol–water partition coefficient (Wildman–Crippen LogP) is 1.69. The minimum absolute atomic E-state index is 0.0528. The zero-order chi connectivity index (χ0) is 19.4. The molecule has 0 spiro atoms. The third kappa shape index (κ3) is 10.9. The van der Waals surface area contributed by atoms with Gasteiger partial charge in [-0.1, -0.05) is 6.58 Å². The first-order chi connectivity index (χ1) is 12.3. The standard InChI is InChI=1S/C16H23O9P/c1-13(2)16(17)24-11-10-23-15-5-3-14(4-6-15)22-9-7-21-8-12-25-26(18,19)20/h3-6H,1,7-12H2,2H3,(H2,18,19,20). The van der Waals surface area contributed by atoms with Gasteiger partial charge in [0, 0.05) is 5.57 Å². The van der Waals surface area contributed by atoms with Crippen molar-refractivity contribution in [2.24, 2.45) is 0 Å². The van der Waals surface area contributed by atoms with E-state index in [9.17, 15) is 9.36 Å². The summed E-state index contributed by atoms with van der Waals surface area (Å²) in [6.45, 7) is 5.79. The molecular formula is C16H23O9P. The molecule has 0 saturated carbocycles. The summed E-state index contributed by atoms with van der Waals surface area (Å²) in [6.07, 6.45) is 0. The highest BCUT2D eigenvalue weighted by molar-refractivity contribution is 7.46. The second-order valence-corrected chi connectivity index (χ2v) is 6.26. The molecule has 10 heteroatoms. The van der Waals surface area contributed by atoms with E-state index >= 15 is 0 Å². The van der Waals surface area contributed by atoms with E-state index in [2.05, 4.69) is 11.1 Å². The molecule has 0 unspecified atom stereocenters. The van der Waals surface area contributed by atoms with Crippen LogP contribution in [0.2, 0.25) is 0 Å². The Morgan fingerprint density at radius 1 is 0.962 bits per heavy atom. The molecule has 0 aliphatic carbocycles. The van der Waals surface area contributed by atoms with Crippen LogP contribution in [0.15, 0.2) is 36.4 Å². The first-order valence-electron chi connectivity index (χ1n) is 7.74. The first-order valence-corrected chi connectivity index (χ1v) is 9.27. The Morgan fingerprint density at radius 3 is 1.96 bits per heavy atom. The highest BCUT2D eigenvalue weighted by Crippen LogP contribution is 2.35. The van der Waals surface area contributed by atoms with Gasteiger partial charge in [0.15, 0.2) is 0 Å². The summed E-state index contributed by atoms with van der Waals surface area (Å²) < 4.78 is 35.5. The molecular weight excluding hydrogens is 367 g/mol. The lowest BCUT2D eigenvalue weighted by Gasteiger charge is -2.10. The second kappa shape index (κ2) is 11.7. The lowest BCUT2D eigenvalue weighted by Crippen LogP contribution is -2.12. The number of rotatable bonds is 13. The van der Waals surface area contributed by atoms with Gasteiger partial charge in [-0.2, -0.15) is 0 Å². The normalized spacial score (nSPS) is 11.0. The molecule has 0 saturated heterocycles. The summed E-state index contributed by atoms with van der Waals surface area (Å²) in [6, 6.07) is 6.85. The van der Waals surface area contributed by atoms with Crippen LogP contribution < -0.4 is 9.47 Å². The third-order valence-electron chi connectivity index (χ3n) is 2.74. The third-order valence-corrected chi connectivity index (χ3v) is 3.26. The van der Waals surface area contributed by atoms with Crippen LogP contribution in [0.5, 0.6) is 11.5 Å². The fraction of sp³-hybridized carbons (Fsp3) is 0.438. The lowest BCUT2D eigenvalue weighted by atomic mass is 10.3. The van der Waals surface area contributed by atoms with E-state index < -0.39 is 13.8 Å². The molecule has 146 valence electrons. The fourth-order valence-electron chi connectivity index (χ4n) is 1.58. The topological polar surface area (TPSA) is 121 Å². The van der Waals surface area contributed by atoms with Gasteiger partial charge in [0.1, 0.15) is 31.3 Å². The number of benzene rings is 1. The minimum Gasteiger partial charge on any atom is -0.491 e. The number of ether oxygens (including phenoxy) is 4. The predicted molar refractivity (Wildman–Crippen MR) is 92.0 cm³/mol. The largest absolute Gasteiger partial charge is 0.491 e. The van der Waals surface area contributed by atoms with Crippen molar-refractivity contribution in [2.45, 2.75) is 6.92 Å². The monoisotopic (exact) mass is 390 g/mol. The van der Waals surface area contributed by atoms with Crippen LogP contribution in [-0.2, 0) is 23.4 Å². The van der Waals surface area contributed by atoms with Crippen LogP contribution >= 0.6 is 7.82 Å². The number of hydrogen-bond acceptors (Lipinski definition) is 7. The molecule has 26 heavy (non-hydrogen) atoms. The van der Waals surface area contributed by atoms with Crippen LogP contribution in [0.4, 0.5) is 0 Å². The van der Waals surface area contributed by atoms with Gasteiger partial charge >= 0.3 is 13.8 Å². The molecule has 0 aliphatic rings. The Kier molecular flexibility index (Phi) is 9.93. The van der Waals surface area contributed by atoms with E-state index in [0.29, 0.717) is 17.1 Å². The highest BCUT2D eigenvalue weighted by atomic mass is 31.2. The van der Waals surface area contributed by atoms with Gasteiger partial charge in [-0.3, -0.25) is 4.52 Å². The summed E-state index contributed by atoms with van der Waals surface area (Å²) in [5.41, 5.74) is 0.338. The maximum Gasteiger partial charge on any atom is 0.469 e. The van der Waals surface area contributed by atoms with Gasteiger partial charge in [-0.15, -0.1) is 0 Å². The van der Waals surface area contributed by atoms with Crippen molar-refractivity contribution in [1.29, 1.82) is 0 Å². The van der Waals surface area contributed by atoms with Gasteiger partial charge in [0.25, 0.3) is 0 Å². The van der Waals surface area contributed by atoms with E-state index in [1.165, 1.54) is 0 Å². The lowest BCUT2D eigenvalue weighted by molar-refractivity contribution is -0.139. The van der Waals surface area contributed by atoms with Crippen molar-refractivity contribution in [3.63, 3.8) is 0 Å². The Bertz CT molecular complexity index is 609. The summed E-state index contributed by atoms with van der Waals surface area (Å²) in [7, 11) is -4.45. The molecule has 0 fully saturated rings. The number of phosphoric ester groups is 1. The quantitative estimate of drug-likeness (QED) is 0.224. The maximum absolute atomic E-state index is 11.2. The van der Waals surface area contributed by atoms with E-state index in [1.807, 2.05) is 0 Å². The molecule has 1 aromatic rings. The summed E-state index contributed by atoms with van der Waals surface area (Å²) in [5.74, 6) is 0.767. The van der Waals surface area contributed by atoms with Crippen LogP contribution in [0.3, 0.4) is 0 Å². The first kappa shape index (κ1) is 22.1. The van der Waals surface area contributed by atoms with Crippen molar-refractivity contribution >= 4 is 13.8 Å². The summed E-state index contributed by atoms with van der Waals surface area (Å²) in [5, 5.41) is 0. The molecule has 0 atom stereocenters. The molecule has 1 aromatic carbocycles. The van der Waals surface area contributed by atoms with Gasteiger partial charge in [0.05, 0.1) is 19.8 Å². The number of hydrogen-bond donors (Lipinski definition) is 2. The van der Waals surface area contributed by atoms with Crippen LogP contribution in [-0.4, -0.2) is 55.4 Å². The van der Waals surface area contributed by atoms with E-state index in [0.717, 1.165) is 0 Å². The van der Waals surface area contributed by atoms with E-state index in [4.69, 9.17) is 28.7 Å². The molecule has 0 radical (unpaired) electrons. The fourth-order valence-corrected chi connectivity index (χ4v) is 1.90. The number of carbonyl (C=O) groups is 1.